The van der Waals surface area contributed by atoms with Gasteiger partial charge in [0.1, 0.15) is 12.2 Å². The van der Waals surface area contributed by atoms with Crippen LogP contribution in [0, 0.1) is 55.4 Å². The lowest BCUT2D eigenvalue weighted by Gasteiger charge is -1.98. The maximum atomic E-state index is 3.98. The van der Waals surface area contributed by atoms with E-state index in [1.807, 2.05) is 115 Å². The van der Waals surface area contributed by atoms with E-state index in [9.17, 15) is 0 Å². The van der Waals surface area contributed by atoms with E-state index in [-0.39, 0.29) is 0 Å². The van der Waals surface area contributed by atoms with E-state index in [1.165, 1.54) is 33.8 Å². The minimum absolute atomic E-state index is 0.822. The lowest BCUT2D eigenvalue weighted by molar-refractivity contribution is 1.05. The molecule has 0 saturated carbocycles. The molecule has 60 heavy (non-hydrogen) atoms. The molecule has 0 N–H and O–H groups in total. The Hall–Kier alpha value is -7.46. The summed E-state index contributed by atoms with van der Waals surface area (Å²) in [4.78, 5) is 38.7. The Bertz CT molecular complexity index is 1950. The summed E-state index contributed by atoms with van der Waals surface area (Å²) in [6.45, 7) is 15.9. The molecule has 306 valence electrons. The van der Waals surface area contributed by atoms with Crippen LogP contribution in [0.5, 0.6) is 0 Å². The van der Waals surface area contributed by atoms with E-state index in [4.69, 9.17) is 0 Å². The molecule has 0 bridgehead atoms. The van der Waals surface area contributed by atoms with Crippen LogP contribution in [-0.2, 0) is 0 Å². The fourth-order valence-electron chi connectivity index (χ4n) is 4.28. The lowest BCUT2D eigenvalue weighted by Crippen LogP contribution is -1.80. The van der Waals surface area contributed by atoms with Crippen molar-refractivity contribution in [2.24, 2.45) is 0 Å². The first-order chi connectivity index (χ1) is 29.1. The zero-order chi connectivity index (χ0) is 43.5. The lowest BCUT2D eigenvalue weighted by atomic mass is 10.1. The van der Waals surface area contributed by atoms with Gasteiger partial charge in [0.15, 0.2) is 0 Å². The Morgan fingerprint density at radius 2 is 0.850 bits per heavy atom. The predicted molar refractivity (Wildman–Crippen MR) is 245 cm³/mol. The first-order valence-corrected chi connectivity index (χ1v) is 19.2. The Morgan fingerprint density at radius 3 is 1.20 bits per heavy atom. The molecular formula is C50H56N10. The maximum Gasteiger partial charge on any atom is 0.125 e. The number of rotatable bonds is 0. The van der Waals surface area contributed by atoms with Crippen molar-refractivity contribution in [2.45, 2.75) is 55.4 Å². The molecule has 7 aromatic heterocycles. The van der Waals surface area contributed by atoms with E-state index < -0.39 is 0 Å². The zero-order valence-electron chi connectivity index (χ0n) is 35.9. The van der Waals surface area contributed by atoms with Gasteiger partial charge in [0.25, 0.3) is 0 Å². The first-order valence-electron chi connectivity index (χ1n) is 19.2. The number of hydrogen-bond acceptors (Lipinski definition) is 10. The van der Waals surface area contributed by atoms with Crippen LogP contribution in [0.2, 0.25) is 0 Å². The molecule has 0 aliphatic carbocycles. The number of pyridine rings is 4. The van der Waals surface area contributed by atoms with Crippen molar-refractivity contribution in [1.29, 1.82) is 0 Å². The molecule has 0 spiro atoms. The van der Waals surface area contributed by atoms with E-state index in [0.717, 1.165) is 28.5 Å². The topological polar surface area (TPSA) is 129 Å². The summed E-state index contributed by atoms with van der Waals surface area (Å²) in [7, 11) is 0. The number of nitrogens with zero attached hydrogens (tertiary/aromatic N) is 10. The van der Waals surface area contributed by atoms with E-state index in [1.54, 1.807) is 80.4 Å². The number of hydrogen-bond donors (Lipinski definition) is 0. The molecule has 10 heteroatoms. The number of benzene rings is 2. The second kappa shape index (κ2) is 31.6. The summed E-state index contributed by atoms with van der Waals surface area (Å²) >= 11 is 0. The average Bonchev–Trinajstić information content (AvgIpc) is 3.28. The third-order valence-electron chi connectivity index (χ3n) is 7.37. The molecular weight excluding hydrogens is 741 g/mol. The maximum absolute atomic E-state index is 3.98. The third kappa shape index (κ3) is 25.6. The standard InChI is InChI=1S/C11H10.4C6H7N.3C5H6N2/c1-9-5-4-7-10-6-2-3-8-11(9)10;1-6-2-4-7-5-3-6;1-6-3-2-4-7-5-6;2*1-6-4-2-3-5-7-6;1-5-2-6-4-7-3-5;1-5-4-6-2-3-7-5;1-5-6-3-2-4-7-5/h2-8H,1H3;4*2-5H,1H3;3*2-4H,1H3. The summed E-state index contributed by atoms with van der Waals surface area (Å²) in [6.07, 6.45) is 24.3. The van der Waals surface area contributed by atoms with E-state index in [0.29, 0.717) is 0 Å². The molecule has 0 amide bonds. The highest BCUT2D eigenvalue weighted by atomic mass is 14.8. The fraction of sp³-hybridized carbons (Fsp3) is 0.160. The van der Waals surface area contributed by atoms with Crippen molar-refractivity contribution < 1.29 is 0 Å². The minimum Gasteiger partial charge on any atom is -0.265 e. The van der Waals surface area contributed by atoms with E-state index >= 15 is 0 Å². The molecule has 0 aliphatic heterocycles. The van der Waals surface area contributed by atoms with Crippen LogP contribution in [0.1, 0.15) is 45.2 Å². The van der Waals surface area contributed by atoms with Crippen LogP contribution < -0.4 is 0 Å². The molecule has 0 aliphatic rings. The number of aromatic nitrogens is 10. The van der Waals surface area contributed by atoms with Gasteiger partial charge in [-0.05, 0) is 137 Å². The molecule has 7 heterocycles. The van der Waals surface area contributed by atoms with Gasteiger partial charge < -0.3 is 0 Å². The molecule has 10 nitrogen and oxygen atoms in total. The molecule has 9 aromatic rings. The molecule has 0 atom stereocenters. The molecule has 2 aromatic carbocycles. The van der Waals surface area contributed by atoms with Crippen LogP contribution in [-0.4, -0.2) is 49.8 Å². The van der Waals surface area contributed by atoms with Gasteiger partial charge >= 0.3 is 0 Å². The van der Waals surface area contributed by atoms with Gasteiger partial charge in [0, 0.05) is 91.9 Å². The quantitative estimate of drug-likeness (QED) is 0.146. The van der Waals surface area contributed by atoms with Gasteiger partial charge in [-0.2, -0.15) is 0 Å². The molecule has 9 rings (SSSR count). The second-order valence-electron chi connectivity index (χ2n) is 12.9. The highest BCUT2D eigenvalue weighted by Gasteiger charge is 1.92. The van der Waals surface area contributed by atoms with Gasteiger partial charge in [-0.1, -0.05) is 60.7 Å². The van der Waals surface area contributed by atoms with Crippen LogP contribution in [0.4, 0.5) is 0 Å². The van der Waals surface area contributed by atoms with Gasteiger partial charge in [0.2, 0.25) is 0 Å². The summed E-state index contributed by atoms with van der Waals surface area (Å²) in [5.74, 6) is 0.822. The third-order valence-corrected chi connectivity index (χ3v) is 7.37. The van der Waals surface area contributed by atoms with Crippen molar-refractivity contribution >= 4 is 10.8 Å². The highest BCUT2D eigenvalue weighted by Crippen LogP contribution is 2.16. The summed E-state index contributed by atoms with van der Waals surface area (Å²) < 4.78 is 0. The van der Waals surface area contributed by atoms with Crippen molar-refractivity contribution in [3.05, 3.63) is 241 Å². The Labute approximate surface area is 356 Å². The minimum atomic E-state index is 0.822. The largest absolute Gasteiger partial charge is 0.265 e. The van der Waals surface area contributed by atoms with Gasteiger partial charge in [0.05, 0.1) is 5.69 Å². The van der Waals surface area contributed by atoms with Crippen LogP contribution >= 0.6 is 0 Å². The first kappa shape index (κ1) is 48.7. The monoisotopic (exact) mass is 796 g/mol. The smallest absolute Gasteiger partial charge is 0.125 e. The SMILES string of the molecule is Cc1cccc2ccccc12.Cc1ccccn1.Cc1ccccn1.Cc1cccnc1.Cc1ccncc1.Cc1cnccn1.Cc1cncnc1.Cc1ncccn1. The van der Waals surface area contributed by atoms with Crippen molar-refractivity contribution in [1.82, 2.24) is 49.8 Å². The van der Waals surface area contributed by atoms with E-state index in [2.05, 4.69) is 99.2 Å². The highest BCUT2D eigenvalue weighted by molar-refractivity contribution is 5.85. The van der Waals surface area contributed by atoms with Crippen molar-refractivity contribution in [3.63, 3.8) is 0 Å². The summed E-state index contributed by atoms with van der Waals surface area (Å²) in [5, 5.41) is 2.68. The predicted octanol–water partition coefficient (Wildman–Crippen LogP) is 11.1. The zero-order valence-corrected chi connectivity index (χ0v) is 35.9. The van der Waals surface area contributed by atoms with Crippen molar-refractivity contribution in [2.75, 3.05) is 0 Å². The van der Waals surface area contributed by atoms with Gasteiger partial charge in [-0.25, -0.2) is 19.9 Å². The molecule has 0 radical (unpaired) electrons. The summed E-state index contributed by atoms with van der Waals surface area (Å²) in [5.41, 5.74) is 8.02. The molecule has 0 unspecified atom stereocenters. The number of fused-ring (bicyclic) bond motifs is 1. The van der Waals surface area contributed by atoms with Crippen LogP contribution in [0.15, 0.2) is 196 Å². The Kier molecular flexibility index (Phi) is 25.6. The molecule has 0 fully saturated rings. The summed E-state index contributed by atoms with van der Waals surface area (Å²) in [6, 6.07) is 36.2. The van der Waals surface area contributed by atoms with Crippen molar-refractivity contribution in [3.8, 4) is 0 Å². The normalized spacial score (nSPS) is 9.00. The van der Waals surface area contributed by atoms with Crippen LogP contribution in [0.25, 0.3) is 10.8 Å². The average molecular weight is 797 g/mol. The Balaban J connectivity index is 0.000000238. The number of aryl methyl sites for hydroxylation is 8. The fourth-order valence-corrected chi connectivity index (χ4v) is 4.28. The second-order valence-corrected chi connectivity index (χ2v) is 12.9. The van der Waals surface area contributed by atoms with Gasteiger partial charge in [-0.3, -0.25) is 29.9 Å². The molecule has 0 saturated heterocycles. The van der Waals surface area contributed by atoms with Gasteiger partial charge in [-0.15, -0.1) is 0 Å². The van der Waals surface area contributed by atoms with Crippen LogP contribution in [0.3, 0.4) is 0 Å². The Morgan fingerprint density at radius 1 is 0.300 bits per heavy atom.